The predicted molar refractivity (Wildman–Crippen MR) is 101 cm³/mol. The molecule has 130 valence electrons. The zero-order chi connectivity index (χ0) is 17.5. The molecule has 24 heavy (non-hydrogen) atoms. The fraction of sp³-hybridized carbons (Fsp3) is 0.579. The van der Waals surface area contributed by atoms with Crippen LogP contribution in [0.5, 0.6) is 0 Å². The number of halogens is 1. The molecule has 1 saturated heterocycles. The van der Waals surface area contributed by atoms with Crippen molar-refractivity contribution in [3.05, 3.63) is 33.4 Å². The Labute approximate surface area is 157 Å². The van der Waals surface area contributed by atoms with Gasteiger partial charge in [-0.3, -0.25) is 4.79 Å². The highest BCUT2D eigenvalue weighted by atomic mass is 127. The second-order valence-electron chi connectivity index (χ2n) is 8.29. The van der Waals surface area contributed by atoms with Crippen LogP contribution in [0.25, 0.3) is 0 Å². The molecule has 1 saturated carbocycles. The number of hydrogen-bond donors (Lipinski definition) is 0. The van der Waals surface area contributed by atoms with Gasteiger partial charge in [0.05, 0.1) is 5.56 Å². The lowest BCUT2D eigenvalue weighted by Crippen LogP contribution is -2.39. The molecule has 1 aromatic carbocycles. The van der Waals surface area contributed by atoms with Crippen molar-refractivity contribution < 1.29 is 14.3 Å². The van der Waals surface area contributed by atoms with Crippen molar-refractivity contribution in [3.8, 4) is 0 Å². The molecular weight excluding hydrogens is 417 g/mol. The summed E-state index contributed by atoms with van der Waals surface area (Å²) in [6, 6.07) is 7.53. The van der Waals surface area contributed by atoms with E-state index < -0.39 is 5.97 Å². The Morgan fingerprint density at radius 2 is 1.96 bits per heavy atom. The minimum Gasteiger partial charge on any atom is -0.452 e. The summed E-state index contributed by atoms with van der Waals surface area (Å²) in [5.41, 5.74) is 0.976. The van der Waals surface area contributed by atoms with Crippen molar-refractivity contribution >= 4 is 34.5 Å². The first kappa shape index (κ1) is 17.7. The number of likely N-dealkylation sites (tertiary alicyclic amines) is 1. The Kier molecular flexibility index (Phi) is 4.66. The zero-order valence-corrected chi connectivity index (χ0v) is 16.6. The largest absolute Gasteiger partial charge is 0.452 e. The van der Waals surface area contributed by atoms with E-state index in [1.54, 1.807) is 12.1 Å². The molecule has 2 fully saturated rings. The molecule has 4 nitrogen and oxygen atoms in total. The van der Waals surface area contributed by atoms with Crippen molar-refractivity contribution in [2.75, 3.05) is 13.2 Å². The number of rotatable bonds is 3. The van der Waals surface area contributed by atoms with Crippen LogP contribution >= 0.6 is 22.6 Å². The van der Waals surface area contributed by atoms with Crippen molar-refractivity contribution in [1.29, 1.82) is 0 Å². The van der Waals surface area contributed by atoms with E-state index >= 15 is 0 Å². The van der Waals surface area contributed by atoms with Crippen molar-refractivity contribution in [2.24, 2.45) is 10.8 Å². The molecule has 1 amide bonds. The Morgan fingerprint density at radius 1 is 1.25 bits per heavy atom. The lowest BCUT2D eigenvalue weighted by Gasteiger charge is -2.39. The Bertz CT molecular complexity index is 672. The average Bonchev–Trinajstić information content (AvgIpc) is 2.74. The molecule has 2 atom stereocenters. The summed E-state index contributed by atoms with van der Waals surface area (Å²) in [4.78, 5) is 26.7. The maximum absolute atomic E-state index is 12.6. The van der Waals surface area contributed by atoms with Crippen LogP contribution in [0.4, 0.5) is 0 Å². The summed E-state index contributed by atoms with van der Waals surface area (Å²) >= 11 is 2.10. The van der Waals surface area contributed by atoms with Gasteiger partial charge in [0.25, 0.3) is 5.91 Å². The number of esters is 1. The molecule has 1 aliphatic carbocycles. The van der Waals surface area contributed by atoms with E-state index in [4.69, 9.17) is 4.74 Å². The molecule has 2 bridgehead atoms. The van der Waals surface area contributed by atoms with Crippen molar-refractivity contribution in [1.82, 2.24) is 4.90 Å². The van der Waals surface area contributed by atoms with Crippen molar-refractivity contribution in [2.45, 2.75) is 46.1 Å². The first-order valence-electron chi connectivity index (χ1n) is 8.40. The summed E-state index contributed by atoms with van der Waals surface area (Å²) in [5.74, 6) is -0.497. The van der Waals surface area contributed by atoms with E-state index in [2.05, 4.69) is 43.4 Å². The molecule has 1 heterocycles. The second-order valence-corrected chi connectivity index (χ2v) is 9.45. The van der Waals surface area contributed by atoms with E-state index in [-0.39, 0.29) is 29.4 Å². The lowest BCUT2D eigenvalue weighted by atomic mass is 9.65. The fourth-order valence-corrected chi connectivity index (χ4v) is 5.27. The first-order valence-corrected chi connectivity index (χ1v) is 9.48. The maximum atomic E-state index is 12.6. The highest BCUT2D eigenvalue weighted by molar-refractivity contribution is 14.1. The zero-order valence-electron chi connectivity index (χ0n) is 14.5. The van der Waals surface area contributed by atoms with Crippen LogP contribution in [0.1, 0.15) is 50.4 Å². The summed E-state index contributed by atoms with van der Waals surface area (Å²) in [5, 5.41) is 0. The topological polar surface area (TPSA) is 46.6 Å². The molecule has 0 N–H and O–H groups in total. The third kappa shape index (κ3) is 3.60. The number of carbonyl (C=O) groups excluding carboxylic acids is 2. The van der Waals surface area contributed by atoms with Crippen LogP contribution in [0.15, 0.2) is 24.3 Å². The predicted octanol–water partition coefficient (Wildman–Crippen LogP) is 3.88. The van der Waals surface area contributed by atoms with Crippen LogP contribution in [0.3, 0.4) is 0 Å². The number of ether oxygens (including phenoxy) is 1. The lowest BCUT2D eigenvalue weighted by molar-refractivity contribution is -0.135. The molecule has 1 aliphatic heterocycles. The van der Waals surface area contributed by atoms with Crippen LogP contribution in [-0.2, 0) is 9.53 Å². The number of amides is 1. The normalized spacial score (nSPS) is 27.8. The van der Waals surface area contributed by atoms with Crippen LogP contribution < -0.4 is 0 Å². The minimum absolute atomic E-state index is 0.0688. The number of carbonyl (C=O) groups is 2. The number of nitrogens with zero attached hydrogens (tertiary/aromatic N) is 1. The third-order valence-corrected chi connectivity index (χ3v) is 6.10. The van der Waals surface area contributed by atoms with E-state index in [0.717, 1.165) is 29.4 Å². The number of fused-ring (bicyclic) bond motifs is 2. The molecule has 5 heteroatoms. The maximum Gasteiger partial charge on any atom is 0.339 e. The molecule has 0 aromatic heterocycles. The highest BCUT2D eigenvalue weighted by Gasteiger charge is 2.50. The third-order valence-electron chi connectivity index (χ3n) is 5.16. The second kappa shape index (κ2) is 6.32. The number of benzene rings is 1. The van der Waals surface area contributed by atoms with E-state index in [9.17, 15) is 9.59 Å². The van der Waals surface area contributed by atoms with Crippen LogP contribution in [0.2, 0.25) is 0 Å². The molecule has 3 rings (SSSR count). The summed E-state index contributed by atoms with van der Waals surface area (Å²) < 4.78 is 6.11. The molecule has 0 spiro atoms. The van der Waals surface area contributed by atoms with Crippen molar-refractivity contribution in [3.63, 3.8) is 0 Å². The van der Waals surface area contributed by atoms with Gasteiger partial charge in [0.2, 0.25) is 0 Å². The van der Waals surface area contributed by atoms with Gasteiger partial charge in [0, 0.05) is 16.2 Å². The van der Waals surface area contributed by atoms with Gasteiger partial charge in [-0.25, -0.2) is 4.79 Å². The Morgan fingerprint density at radius 3 is 2.67 bits per heavy atom. The van der Waals surface area contributed by atoms with E-state index in [1.807, 2.05) is 17.0 Å². The molecule has 0 radical (unpaired) electrons. The fourth-order valence-electron chi connectivity index (χ4n) is 4.67. The van der Waals surface area contributed by atoms with Gasteiger partial charge >= 0.3 is 5.97 Å². The molecule has 2 aliphatic rings. The minimum atomic E-state index is -0.429. The molecule has 1 aromatic rings. The molecule has 2 unspecified atom stereocenters. The SMILES string of the molecule is CC1(C)CC2CC(C)(CN2C(=O)COC(=O)c2ccccc2I)C1. The van der Waals surface area contributed by atoms with Gasteiger partial charge in [-0.05, 0) is 64.8 Å². The number of hydrogen-bond acceptors (Lipinski definition) is 3. The Hall–Kier alpha value is -1.11. The van der Waals surface area contributed by atoms with Gasteiger partial charge in [-0.15, -0.1) is 0 Å². The van der Waals surface area contributed by atoms with Crippen LogP contribution in [0, 0.1) is 14.4 Å². The van der Waals surface area contributed by atoms with Gasteiger partial charge in [0.15, 0.2) is 6.61 Å². The highest BCUT2D eigenvalue weighted by Crippen LogP contribution is 2.52. The van der Waals surface area contributed by atoms with Gasteiger partial charge in [0.1, 0.15) is 0 Å². The van der Waals surface area contributed by atoms with Gasteiger partial charge < -0.3 is 9.64 Å². The standard InChI is InChI=1S/C19H24INO3/c1-18(2)8-13-9-19(3,11-18)12-21(13)16(22)10-24-17(23)14-6-4-5-7-15(14)20/h4-7,13H,8-12H2,1-3H3. The van der Waals surface area contributed by atoms with E-state index in [0.29, 0.717) is 5.56 Å². The Balaban J connectivity index is 1.62. The first-order chi connectivity index (χ1) is 11.2. The summed E-state index contributed by atoms with van der Waals surface area (Å²) in [7, 11) is 0. The van der Waals surface area contributed by atoms with E-state index in [1.165, 1.54) is 0 Å². The van der Waals surface area contributed by atoms with Crippen LogP contribution in [-0.4, -0.2) is 36.0 Å². The van der Waals surface area contributed by atoms with Gasteiger partial charge in [-0.2, -0.15) is 0 Å². The monoisotopic (exact) mass is 441 g/mol. The summed E-state index contributed by atoms with van der Waals surface area (Å²) in [6.07, 6.45) is 3.23. The van der Waals surface area contributed by atoms with Gasteiger partial charge in [-0.1, -0.05) is 32.9 Å². The average molecular weight is 441 g/mol. The smallest absolute Gasteiger partial charge is 0.339 e. The molecular formula is C19H24INO3. The summed E-state index contributed by atoms with van der Waals surface area (Å²) in [6.45, 7) is 7.44. The quantitative estimate of drug-likeness (QED) is 0.529.